The highest BCUT2D eigenvalue weighted by atomic mass is 16.3. The smallest absolute Gasteiger partial charge is 0.225 e. The summed E-state index contributed by atoms with van der Waals surface area (Å²) in [6.07, 6.45) is 5.86. The summed E-state index contributed by atoms with van der Waals surface area (Å²) >= 11 is 0. The highest BCUT2D eigenvalue weighted by Crippen LogP contribution is 2.43. The zero-order valence-corrected chi connectivity index (χ0v) is 22.8. The zero-order valence-electron chi connectivity index (χ0n) is 22.8. The standard InChI is InChI=1S/C31H42N4O2/c1-22-33-27-12-8-9-13-28(27)35(22)26-20-24-14-15-25(21-26)34(24)19-17-31(37,23-10-6-5-7-11-23)16-18-32-29(36)30(2,3)4/h5-13,24-26,37H,14-21H2,1-4H3,(H,32,36)/t24-,25+,26+,31?. The second kappa shape index (κ2) is 10.2. The number of rotatable bonds is 8. The first-order chi connectivity index (χ1) is 17.7. The number of aryl methyl sites for hydroxylation is 1. The van der Waals surface area contributed by atoms with Gasteiger partial charge in [-0.05, 0) is 63.1 Å². The Kier molecular flexibility index (Phi) is 7.16. The molecule has 4 atom stereocenters. The van der Waals surface area contributed by atoms with E-state index in [4.69, 9.17) is 4.98 Å². The summed E-state index contributed by atoms with van der Waals surface area (Å²) in [6, 6.07) is 20.0. The molecule has 2 aliphatic rings. The molecule has 2 aromatic carbocycles. The quantitative estimate of drug-likeness (QED) is 0.436. The monoisotopic (exact) mass is 502 g/mol. The zero-order chi connectivity index (χ0) is 26.2. The fraction of sp³-hybridized carbons (Fsp3) is 0.548. The molecular formula is C31H42N4O2. The van der Waals surface area contributed by atoms with Crippen molar-refractivity contribution in [2.75, 3.05) is 13.1 Å². The van der Waals surface area contributed by atoms with Gasteiger partial charge in [-0.2, -0.15) is 0 Å². The number of para-hydroxylation sites is 2. The molecule has 6 nitrogen and oxygen atoms in total. The number of piperidine rings is 1. The highest BCUT2D eigenvalue weighted by Gasteiger charge is 2.43. The normalized spacial score (nSPS) is 23.8. The van der Waals surface area contributed by atoms with Gasteiger partial charge in [0.15, 0.2) is 0 Å². The van der Waals surface area contributed by atoms with E-state index in [0.29, 0.717) is 37.5 Å². The number of benzene rings is 2. The number of amides is 1. The molecule has 0 spiro atoms. The predicted molar refractivity (Wildman–Crippen MR) is 148 cm³/mol. The second-order valence-electron chi connectivity index (χ2n) is 12.2. The molecule has 1 amide bonds. The molecule has 37 heavy (non-hydrogen) atoms. The summed E-state index contributed by atoms with van der Waals surface area (Å²) in [7, 11) is 0. The van der Waals surface area contributed by atoms with Crippen LogP contribution in [0.4, 0.5) is 0 Å². The molecule has 5 rings (SSSR count). The molecule has 3 aromatic rings. The first-order valence-corrected chi connectivity index (χ1v) is 13.9. The Morgan fingerprint density at radius 1 is 0.973 bits per heavy atom. The summed E-state index contributed by atoms with van der Waals surface area (Å²) in [5.74, 6) is 1.13. The molecule has 0 radical (unpaired) electrons. The number of aromatic nitrogens is 2. The molecule has 6 heteroatoms. The van der Waals surface area contributed by atoms with Crippen LogP contribution in [0.1, 0.15) is 76.7 Å². The Bertz CT molecular complexity index is 1220. The molecule has 1 unspecified atom stereocenters. The van der Waals surface area contributed by atoms with E-state index in [9.17, 15) is 9.90 Å². The van der Waals surface area contributed by atoms with Crippen LogP contribution in [0.25, 0.3) is 11.0 Å². The Balaban J connectivity index is 1.27. The molecule has 2 aliphatic heterocycles. The SMILES string of the molecule is Cc1nc2ccccc2n1[C@H]1C[C@H]2CC[C@@H](C1)N2CCC(O)(CCNC(=O)C(C)(C)C)c1ccccc1. The van der Waals surface area contributed by atoms with Crippen molar-refractivity contribution in [3.63, 3.8) is 0 Å². The van der Waals surface area contributed by atoms with Crippen molar-refractivity contribution < 1.29 is 9.90 Å². The van der Waals surface area contributed by atoms with Gasteiger partial charge < -0.3 is 15.0 Å². The third-order valence-electron chi connectivity index (χ3n) is 8.60. The predicted octanol–water partition coefficient (Wildman–Crippen LogP) is 5.34. The maximum absolute atomic E-state index is 12.4. The van der Waals surface area contributed by atoms with Crippen molar-refractivity contribution in [3.8, 4) is 0 Å². The highest BCUT2D eigenvalue weighted by molar-refractivity contribution is 5.81. The fourth-order valence-electron chi connectivity index (χ4n) is 6.57. The van der Waals surface area contributed by atoms with Crippen LogP contribution in [-0.4, -0.2) is 50.6 Å². The summed E-state index contributed by atoms with van der Waals surface area (Å²) < 4.78 is 2.47. The molecule has 198 valence electrons. The van der Waals surface area contributed by atoms with Gasteiger partial charge in [0.05, 0.1) is 16.6 Å². The molecule has 2 saturated heterocycles. The van der Waals surface area contributed by atoms with E-state index in [1.807, 2.05) is 51.1 Å². The third-order valence-corrected chi connectivity index (χ3v) is 8.60. The van der Waals surface area contributed by atoms with Crippen molar-refractivity contribution in [2.24, 2.45) is 5.41 Å². The van der Waals surface area contributed by atoms with E-state index in [-0.39, 0.29) is 5.91 Å². The lowest BCUT2D eigenvalue weighted by molar-refractivity contribution is -0.128. The molecule has 0 aliphatic carbocycles. The molecular weight excluding hydrogens is 460 g/mol. The number of carbonyl (C=O) groups excluding carboxylic acids is 1. The molecule has 2 bridgehead atoms. The Morgan fingerprint density at radius 2 is 1.62 bits per heavy atom. The average Bonchev–Trinajstić information content (AvgIpc) is 3.33. The summed E-state index contributed by atoms with van der Waals surface area (Å²) in [5.41, 5.74) is 1.85. The van der Waals surface area contributed by atoms with Crippen LogP contribution >= 0.6 is 0 Å². The van der Waals surface area contributed by atoms with Crippen molar-refractivity contribution >= 4 is 16.9 Å². The lowest BCUT2D eigenvalue weighted by Gasteiger charge is -2.41. The summed E-state index contributed by atoms with van der Waals surface area (Å²) in [4.78, 5) is 19.9. The van der Waals surface area contributed by atoms with Gasteiger partial charge in [0, 0.05) is 36.6 Å². The second-order valence-corrected chi connectivity index (χ2v) is 12.2. The van der Waals surface area contributed by atoms with Crippen LogP contribution in [0, 0.1) is 12.3 Å². The Labute approximate surface area is 221 Å². The Morgan fingerprint density at radius 3 is 2.30 bits per heavy atom. The maximum Gasteiger partial charge on any atom is 0.225 e. The van der Waals surface area contributed by atoms with Gasteiger partial charge in [-0.1, -0.05) is 63.2 Å². The van der Waals surface area contributed by atoms with Crippen molar-refractivity contribution in [2.45, 2.75) is 89.9 Å². The fourth-order valence-corrected chi connectivity index (χ4v) is 6.57. The van der Waals surface area contributed by atoms with Crippen LogP contribution in [0.15, 0.2) is 54.6 Å². The number of nitrogens with zero attached hydrogens (tertiary/aromatic N) is 3. The van der Waals surface area contributed by atoms with Gasteiger partial charge in [0.1, 0.15) is 5.82 Å². The number of imidazole rings is 1. The molecule has 1 aromatic heterocycles. The van der Waals surface area contributed by atoms with Crippen LogP contribution < -0.4 is 5.32 Å². The molecule has 2 fully saturated rings. The summed E-state index contributed by atoms with van der Waals surface area (Å²) in [5, 5.41) is 14.9. The minimum absolute atomic E-state index is 0.0188. The minimum Gasteiger partial charge on any atom is -0.385 e. The number of aliphatic hydroxyl groups is 1. The molecule has 2 N–H and O–H groups in total. The Hall–Kier alpha value is -2.70. The lowest BCUT2D eigenvalue weighted by Crippen LogP contribution is -2.46. The number of fused-ring (bicyclic) bond motifs is 3. The third kappa shape index (κ3) is 5.32. The summed E-state index contributed by atoms with van der Waals surface area (Å²) in [6.45, 7) is 9.21. The largest absolute Gasteiger partial charge is 0.385 e. The van der Waals surface area contributed by atoms with Gasteiger partial charge >= 0.3 is 0 Å². The van der Waals surface area contributed by atoms with Gasteiger partial charge in [0.25, 0.3) is 0 Å². The van der Waals surface area contributed by atoms with E-state index in [1.54, 1.807) is 0 Å². The van der Waals surface area contributed by atoms with E-state index >= 15 is 0 Å². The number of hydrogen-bond donors (Lipinski definition) is 2. The molecule has 0 saturated carbocycles. The van der Waals surface area contributed by atoms with Gasteiger partial charge in [0.2, 0.25) is 5.91 Å². The first-order valence-electron chi connectivity index (χ1n) is 13.9. The van der Waals surface area contributed by atoms with E-state index < -0.39 is 11.0 Å². The van der Waals surface area contributed by atoms with Crippen LogP contribution in [0.3, 0.4) is 0 Å². The van der Waals surface area contributed by atoms with Crippen LogP contribution in [0.5, 0.6) is 0 Å². The van der Waals surface area contributed by atoms with E-state index in [0.717, 1.165) is 36.3 Å². The van der Waals surface area contributed by atoms with Gasteiger partial charge in [-0.3, -0.25) is 9.69 Å². The number of hydrogen-bond acceptors (Lipinski definition) is 4. The lowest BCUT2D eigenvalue weighted by atomic mass is 9.86. The number of carbonyl (C=O) groups is 1. The first kappa shape index (κ1) is 25.9. The van der Waals surface area contributed by atoms with E-state index in [1.165, 1.54) is 18.4 Å². The van der Waals surface area contributed by atoms with Crippen molar-refractivity contribution in [1.29, 1.82) is 0 Å². The van der Waals surface area contributed by atoms with Crippen molar-refractivity contribution in [1.82, 2.24) is 19.8 Å². The average molecular weight is 503 g/mol. The van der Waals surface area contributed by atoms with Crippen LogP contribution in [0.2, 0.25) is 0 Å². The van der Waals surface area contributed by atoms with Gasteiger partial charge in [-0.15, -0.1) is 0 Å². The molecule has 3 heterocycles. The van der Waals surface area contributed by atoms with Gasteiger partial charge in [-0.25, -0.2) is 4.98 Å². The number of nitrogens with one attached hydrogen (secondary N) is 1. The topological polar surface area (TPSA) is 70.4 Å². The van der Waals surface area contributed by atoms with Crippen LogP contribution in [-0.2, 0) is 10.4 Å². The van der Waals surface area contributed by atoms with Crippen molar-refractivity contribution in [3.05, 3.63) is 66.0 Å². The van der Waals surface area contributed by atoms with E-state index in [2.05, 4.69) is 46.0 Å². The maximum atomic E-state index is 12.4. The minimum atomic E-state index is -0.972.